The fourth-order valence-corrected chi connectivity index (χ4v) is 1.87. The van der Waals surface area contributed by atoms with Gasteiger partial charge in [-0.15, -0.1) is 0 Å². The largest absolute Gasteiger partial charge is 0.467 e. The molecule has 1 aromatic carbocycles. The van der Waals surface area contributed by atoms with Crippen LogP contribution in [0.4, 0.5) is 10.5 Å². The molecule has 0 aliphatic rings. The summed E-state index contributed by atoms with van der Waals surface area (Å²) >= 11 is 0. The van der Waals surface area contributed by atoms with Gasteiger partial charge in [0, 0.05) is 5.69 Å². The van der Waals surface area contributed by atoms with Crippen LogP contribution in [0.1, 0.15) is 26.3 Å². The molecule has 0 saturated heterocycles. The van der Waals surface area contributed by atoms with Gasteiger partial charge in [-0.2, -0.15) is 0 Å². The Morgan fingerprint density at radius 1 is 1.25 bits per heavy atom. The molecule has 5 nitrogen and oxygen atoms in total. The zero-order chi connectivity index (χ0) is 15.1. The molecule has 0 aliphatic heterocycles. The number of carbonyl (C=O) groups excluding carboxylic acids is 2. The Balaban J connectivity index is 2.73. The maximum Gasteiger partial charge on any atom is 0.328 e. The molecule has 2 amide bonds. The number of hydrogen-bond acceptors (Lipinski definition) is 3. The van der Waals surface area contributed by atoms with Crippen molar-refractivity contribution in [3.63, 3.8) is 0 Å². The summed E-state index contributed by atoms with van der Waals surface area (Å²) < 4.78 is 4.69. The molecule has 0 spiro atoms. The number of aryl methyl sites for hydroxylation is 1. The molecule has 0 heterocycles. The predicted molar refractivity (Wildman–Crippen MR) is 78.6 cm³/mol. The summed E-state index contributed by atoms with van der Waals surface area (Å²) in [5.74, 6) is -0.492. The van der Waals surface area contributed by atoms with Crippen LogP contribution in [-0.4, -0.2) is 25.2 Å². The van der Waals surface area contributed by atoms with E-state index < -0.39 is 18.0 Å². The summed E-state index contributed by atoms with van der Waals surface area (Å²) in [6.45, 7) is 5.72. The summed E-state index contributed by atoms with van der Waals surface area (Å²) in [6.07, 6.45) is 0.821. The number of hydrogen-bond donors (Lipinski definition) is 2. The number of methoxy groups -OCH3 is 1. The van der Waals surface area contributed by atoms with Crippen LogP contribution in [0.2, 0.25) is 0 Å². The highest BCUT2D eigenvalue weighted by molar-refractivity contribution is 5.93. The Hall–Kier alpha value is -2.04. The first-order chi connectivity index (χ1) is 9.49. The van der Waals surface area contributed by atoms with E-state index >= 15 is 0 Å². The van der Waals surface area contributed by atoms with Crippen LogP contribution in [0.3, 0.4) is 0 Å². The molecule has 20 heavy (non-hydrogen) atoms. The van der Waals surface area contributed by atoms with E-state index in [1.807, 2.05) is 45.0 Å². The Kier molecular flexibility index (Phi) is 6.03. The molecule has 0 saturated carbocycles. The van der Waals surface area contributed by atoms with Gasteiger partial charge in [-0.1, -0.05) is 39.0 Å². The van der Waals surface area contributed by atoms with Crippen molar-refractivity contribution in [2.45, 2.75) is 33.2 Å². The van der Waals surface area contributed by atoms with E-state index in [0.29, 0.717) is 0 Å². The van der Waals surface area contributed by atoms with E-state index in [2.05, 4.69) is 15.4 Å². The number of ether oxygens (including phenoxy) is 1. The van der Waals surface area contributed by atoms with Gasteiger partial charge in [-0.25, -0.2) is 9.59 Å². The molecule has 2 N–H and O–H groups in total. The van der Waals surface area contributed by atoms with Crippen LogP contribution in [0.15, 0.2) is 24.3 Å². The van der Waals surface area contributed by atoms with Gasteiger partial charge in [0.1, 0.15) is 6.04 Å². The number of nitrogens with one attached hydrogen (secondary N) is 2. The van der Waals surface area contributed by atoms with Crippen LogP contribution >= 0.6 is 0 Å². The lowest BCUT2D eigenvalue weighted by Gasteiger charge is -2.20. The molecule has 1 rings (SSSR count). The van der Waals surface area contributed by atoms with E-state index in [4.69, 9.17) is 0 Å². The minimum Gasteiger partial charge on any atom is -0.467 e. The van der Waals surface area contributed by atoms with Crippen molar-refractivity contribution in [1.29, 1.82) is 0 Å². The van der Waals surface area contributed by atoms with E-state index in [9.17, 15) is 9.59 Å². The lowest BCUT2D eigenvalue weighted by atomic mass is 10.1. The van der Waals surface area contributed by atoms with Crippen LogP contribution in [-0.2, 0) is 16.0 Å². The monoisotopic (exact) mass is 278 g/mol. The molecule has 0 radical (unpaired) electrons. The van der Waals surface area contributed by atoms with Gasteiger partial charge in [0.25, 0.3) is 0 Å². The summed E-state index contributed by atoms with van der Waals surface area (Å²) in [5.41, 5.74) is 1.79. The molecule has 110 valence electrons. The second-order valence-corrected chi connectivity index (χ2v) is 4.85. The van der Waals surface area contributed by atoms with E-state index in [1.54, 1.807) is 0 Å². The SMILES string of the molecule is CCc1ccccc1NC(=O)N[C@@H](C(=O)OC)C(C)C. The fourth-order valence-electron chi connectivity index (χ4n) is 1.87. The third-order valence-corrected chi connectivity index (χ3v) is 3.05. The quantitative estimate of drug-likeness (QED) is 0.813. The molecule has 0 aromatic heterocycles. The van der Waals surface area contributed by atoms with E-state index in [0.717, 1.165) is 17.7 Å². The van der Waals surface area contributed by atoms with Crippen molar-refractivity contribution in [3.8, 4) is 0 Å². The molecule has 0 fully saturated rings. The maximum absolute atomic E-state index is 12.0. The lowest BCUT2D eigenvalue weighted by Crippen LogP contribution is -2.46. The number of anilines is 1. The Morgan fingerprint density at radius 3 is 2.45 bits per heavy atom. The molecule has 5 heteroatoms. The molecule has 0 bridgehead atoms. The number of benzene rings is 1. The van der Waals surface area contributed by atoms with Crippen molar-refractivity contribution >= 4 is 17.7 Å². The number of rotatable bonds is 5. The first-order valence-electron chi connectivity index (χ1n) is 6.72. The highest BCUT2D eigenvalue weighted by atomic mass is 16.5. The lowest BCUT2D eigenvalue weighted by molar-refractivity contribution is -0.143. The van der Waals surface area contributed by atoms with Crippen LogP contribution < -0.4 is 10.6 Å². The van der Waals surface area contributed by atoms with E-state index in [-0.39, 0.29) is 5.92 Å². The van der Waals surface area contributed by atoms with Gasteiger partial charge < -0.3 is 15.4 Å². The number of urea groups is 1. The van der Waals surface area contributed by atoms with Gasteiger partial charge in [0.15, 0.2) is 0 Å². The van der Waals surface area contributed by atoms with Crippen molar-refractivity contribution in [3.05, 3.63) is 29.8 Å². The second-order valence-electron chi connectivity index (χ2n) is 4.85. The summed E-state index contributed by atoms with van der Waals surface area (Å²) in [4.78, 5) is 23.6. The topological polar surface area (TPSA) is 67.4 Å². The number of carbonyl (C=O) groups is 2. The van der Waals surface area contributed by atoms with Crippen molar-refractivity contribution in [2.75, 3.05) is 12.4 Å². The third-order valence-electron chi connectivity index (χ3n) is 3.05. The van der Waals surface area contributed by atoms with Gasteiger partial charge in [-0.05, 0) is 24.0 Å². The van der Waals surface area contributed by atoms with Crippen LogP contribution in [0.25, 0.3) is 0 Å². The molecular weight excluding hydrogens is 256 g/mol. The molecular formula is C15H22N2O3. The standard InChI is InChI=1S/C15H22N2O3/c1-5-11-8-6-7-9-12(11)16-15(19)17-13(10(2)3)14(18)20-4/h6-10,13H,5H2,1-4H3,(H2,16,17,19)/t13-/m1/s1. The molecule has 1 atom stereocenters. The minimum atomic E-state index is -0.659. The van der Waals surface area contributed by atoms with Crippen LogP contribution in [0, 0.1) is 5.92 Å². The molecule has 0 unspecified atom stereocenters. The number of amides is 2. The minimum absolute atomic E-state index is 0.0466. The first kappa shape index (κ1) is 16.0. The Labute approximate surface area is 119 Å². The summed E-state index contributed by atoms with van der Waals surface area (Å²) in [5, 5.41) is 5.41. The first-order valence-corrected chi connectivity index (χ1v) is 6.72. The second kappa shape index (κ2) is 7.53. The normalized spacial score (nSPS) is 11.8. The average Bonchev–Trinajstić information content (AvgIpc) is 2.44. The van der Waals surface area contributed by atoms with Gasteiger partial charge in [0.2, 0.25) is 0 Å². The van der Waals surface area contributed by atoms with Crippen molar-refractivity contribution < 1.29 is 14.3 Å². The maximum atomic E-state index is 12.0. The van der Waals surface area contributed by atoms with Crippen molar-refractivity contribution in [1.82, 2.24) is 5.32 Å². The third kappa shape index (κ3) is 4.26. The summed E-state index contributed by atoms with van der Waals surface area (Å²) in [6, 6.07) is 6.50. The highest BCUT2D eigenvalue weighted by Crippen LogP contribution is 2.15. The predicted octanol–water partition coefficient (Wildman–Crippen LogP) is 2.57. The number of esters is 1. The fraction of sp³-hybridized carbons (Fsp3) is 0.467. The van der Waals surface area contributed by atoms with Gasteiger partial charge in [-0.3, -0.25) is 0 Å². The smallest absolute Gasteiger partial charge is 0.328 e. The zero-order valence-electron chi connectivity index (χ0n) is 12.4. The summed E-state index contributed by atoms with van der Waals surface area (Å²) in [7, 11) is 1.31. The van der Waals surface area contributed by atoms with E-state index in [1.165, 1.54) is 7.11 Å². The Bertz CT molecular complexity index is 472. The van der Waals surface area contributed by atoms with Crippen molar-refractivity contribution in [2.24, 2.45) is 5.92 Å². The molecule has 0 aliphatic carbocycles. The van der Waals surface area contributed by atoms with Gasteiger partial charge >= 0.3 is 12.0 Å². The number of para-hydroxylation sites is 1. The molecule has 1 aromatic rings. The zero-order valence-corrected chi connectivity index (χ0v) is 12.4. The Morgan fingerprint density at radius 2 is 1.90 bits per heavy atom. The average molecular weight is 278 g/mol. The highest BCUT2D eigenvalue weighted by Gasteiger charge is 2.24. The van der Waals surface area contributed by atoms with Crippen LogP contribution in [0.5, 0.6) is 0 Å². The van der Waals surface area contributed by atoms with Gasteiger partial charge in [0.05, 0.1) is 7.11 Å².